The van der Waals surface area contributed by atoms with Gasteiger partial charge in [0.05, 0.1) is 0 Å². The fourth-order valence-corrected chi connectivity index (χ4v) is 7.70. The second-order valence-corrected chi connectivity index (χ2v) is 14.5. The molecular formula is C50H44IrN2-2. The first-order valence-electron chi connectivity index (χ1n) is 18.7. The molecule has 1 radical (unpaired) electrons. The monoisotopic (exact) mass is 865 g/mol. The average molecular weight is 865 g/mol. The maximum Gasteiger partial charge on any atom is 0.0192 e. The average Bonchev–Trinajstić information content (AvgIpc) is 3.74. The van der Waals surface area contributed by atoms with Gasteiger partial charge in [-0.05, 0) is 102 Å². The molecule has 1 saturated carbocycles. The summed E-state index contributed by atoms with van der Waals surface area (Å²) in [5, 5.41) is 0. The molecule has 0 aliphatic heterocycles. The maximum atomic E-state index is 4.73. The van der Waals surface area contributed by atoms with E-state index in [9.17, 15) is 0 Å². The molecule has 265 valence electrons. The summed E-state index contributed by atoms with van der Waals surface area (Å²) in [6.07, 6.45) is 11.1. The fourth-order valence-electron chi connectivity index (χ4n) is 7.70. The Balaban J connectivity index is 0.00000435. The Hall–Kier alpha value is -4.95. The van der Waals surface area contributed by atoms with Crippen LogP contribution in [0, 0.1) is 32.9 Å². The summed E-state index contributed by atoms with van der Waals surface area (Å²) in [6, 6.07) is 51.3. The molecule has 0 saturated heterocycles. The second-order valence-electron chi connectivity index (χ2n) is 14.5. The van der Waals surface area contributed by atoms with Crippen molar-refractivity contribution in [2.45, 2.75) is 65.2 Å². The van der Waals surface area contributed by atoms with Crippen molar-refractivity contribution >= 4 is 0 Å². The molecule has 1 aliphatic carbocycles. The van der Waals surface area contributed by atoms with E-state index in [1.165, 1.54) is 86.9 Å². The number of hydrogen-bond donors (Lipinski definition) is 0. The minimum absolute atomic E-state index is 0. The normalized spacial score (nSPS) is 12.8. The van der Waals surface area contributed by atoms with Gasteiger partial charge in [0.2, 0.25) is 0 Å². The number of aryl methyl sites for hydroxylation is 5. The van der Waals surface area contributed by atoms with E-state index >= 15 is 0 Å². The van der Waals surface area contributed by atoms with E-state index in [-0.39, 0.29) is 20.1 Å². The molecule has 0 amide bonds. The van der Waals surface area contributed by atoms with Crippen LogP contribution in [0.4, 0.5) is 0 Å². The molecule has 1 aliphatic rings. The number of benzene rings is 5. The van der Waals surface area contributed by atoms with E-state index in [1.807, 2.05) is 12.4 Å². The van der Waals surface area contributed by atoms with Crippen LogP contribution in [0.1, 0.15) is 65.0 Å². The van der Waals surface area contributed by atoms with Gasteiger partial charge in [-0.2, -0.15) is 0 Å². The largest absolute Gasteiger partial charge is 0.305 e. The van der Waals surface area contributed by atoms with Gasteiger partial charge in [0, 0.05) is 32.5 Å². The number of rotatable bonds is 9. The molecule has 0 spiro atoms. The summed E-state index contributed by atoms with van der Waals surface area (Å²) < 4.78 is 0. The third-order valence-electron chi connectivity index (χ3n) is 10.8. The molecule has 7 aromatic rings. The summed E-state index contributed by atoms with van der Waals surface area (Å²) in [5.41, 5.74) is 19.0. The van der Waals surface area contributed by atoms with Gasteiger partial charge >= 0.3 is 0 Å². The number of pyridine rings is 2. The van der Waals surface area contributed by atoms with Crippen LogP contribution in [0.5, 0.6) is 0 Å². The van der Waals surface area contributed by atoms with Crippen LogP contribution in [0.2, 0.25) is 0 Å². The number of nitrogens with zero attached hydrogens (tertiary/aromatic N) is 2. The van der Waals surface area contributed by atoms with E-state index in [2.05, 4.69) is 159 Å². The zero-order valence-corrected chi connectivity index (χ0v) is 33.1. The predicted octanol–water partition coefficient (Wildman–Crippen LogP) is 12.8. The molecule has 53 heavy (non-hydrogen) atoms. The maximum absolute atomic E-state index is 4.73. The van der Waals surface area contributed by atoms with Crippen LogP contribution < -0.4 is 0 Å². The van der Waals surface area contributed by atoms with Crippen molar-refractivity contribution in [2.24, 2.45) is 0 Å². The molecule has 2 heterocycles. The molecule has 8 rings (SSSR count). The first-order valence-corrected chi connectivity index (χ1v) is 18.7. The number of hydrogen-bond acceptors (Lipinski definition) is 2. The van der Waals surface area contributed by atoms with E-state index in [0.717, 1.165) is 46.8 Å². The molecule has 5 aromatic carbocycles. The van der Waals surface area contributed by atoms with Crippen LogP contribution >= 0.6 is 0 Å². The molecule has 0 atom stereocenters. The smallest absolute Gasteiger partial charge is 0.0192 e. The molecule has 2 aromatic heterocycles. The SMILES string of the molecule is Cc1cc(CCc2c[c-]c(-c3cc(C)c(C)cn3)cc2)cc(-c2ccccc2-c2c[c-]c(-c3cc(-c4ccc(C5CCCC5)cc4)ccn3)cc2)c1.[Ir]. The molecule has 3 heteroatoms. The molecule has 2 nitrogen and oxygen atoms in total. The first-order chi connectivity index (χ1) is 25.5. The standard InChI is InChI=1S/C50H44N2.Ir/c1-34-28-38(13-12-37-14-16-43(17-15-37)49-30-35(2)36(3)33-52-49)31-46(29-34)48-11-7-6-10-47(48)42-22-24-44(25-23-42)50-32-45(26-27-51-50)41-20-18-40(19-21-41)39-8-4-5-9-39;/h6-7,10-11,14-16,18-24,26-33,39H,4-5,8-9,12-13H2,1-3H3;/q-2;. The molecular weight excluding hydrogens is 821 g/mol. The van der Waals surface area contributed by atoms with Crippen LogP contribution in [0.3, 0.4) is 0 Å². The summed E-state index contributed by atoms with van der Waals surface area (Å²) in [4.78, 5) is 9.35. The molecule has 1 fully saturated rings. The Kier molecular flexibility index (Phi) is 11.3. The molecule has 0 unspecified atom stereocenters. The minimum atomic E-state index is 0. The van der Waals surface area contributed by atoms with Crippen molar-refractivity contribution in [3.05, 3.63) is 179 Å². The third kappa shape index (κ3) is 8.33. The van der Waals surface area contributed by atoms with Gasteiger partial charge in [-0.15, -0.1) is 65.2 Å². The summed E-state index contributed by atoms with van der Waals surface area (Å²) >= 11 is 0. The van der Waals surface area contributed by atoms with Crippen molar-refractivity contribution in [1.82, 2.24) is 9.97 Å². The fraction of sp³-hybridized carbons (Fsp3) is 0.200. The van der Waals surface area contributed by atoms with Gasteiger partial charge < -0.3 is 9.97 Å². The zero-order chi connectivity index (χ0) is 35.4. The quantitative estimate of drug-likeness (QED) is 0.135. The third-order valence-corrected chi connectivity index (χ3v) is 10.8. The van der Waals surface area contributed by atoms with Crippen molar-refractivity contribution in [3.8, 4) is 55.9 Å². The van der Waals surface area contributed by atoms with Crippen molar-refractivity contribution in [1.29, 1.82) is 0 Å². The van der Waals surface area contributed by atoms with Crippen LogP contribution in [0.15, 0.2) is 134 Å². The van der Waals surface area contributed by atoms with Gasteiger partial charge in [0.1, 0.15) is 0 Å². The summed E-state index contributed by atoms with van der Waals surface area (Å²) in [5.74, 6) is 0.730. The van der Waals surface area contributed by atoms with E-state index in [4.69, 9.17) is 4.98 Å². The van der Waals surface area contributed by atoms with Gasteiger partial charge in [0.25, 0.3) is 0 Å². The van der Waals surface area contributed by atoms with Gasteiger partial charge in [0.15, 0.2) is 0 Å². The Bertz CT molecular complexity index is 2320. The van der Waals surface area contributed by atoms with Crippen LogP contribution in [-0.4, -0.2) is 9.97 Å². The van der Waals surface area contributed by atoms with Crippen molar-refractivity contribution in [2.75, 3.05) is 0 Å². The van der Waals surface area contributed by atoms with Crippen LogP contribution in [0.25, 0.3) is 55.9 Å². The summed E-state index contributed by atoms with van der Waals surface area (Å²) in [6.45, 7) is 6.42. The minimum Gasteiger partial charge on any atom is -0.305 e. The van der Waals surface area contributed by atoms with E-state index in [1.54, 1.807) is 0 Å². The Morgan fingerprint density at radius 2 is 1.25 bits per heavy atom. The first kappa shape index (κ1) is 36.4. The predicted molar refractivity (Wildman–Crippen MR) is 216 cm³/mol. The van der Waals surface area contributed by atoms with Gasteiger partial charge in [-0.3, -0.25) is 0 Å². The van der Waals surface area contributed by atoms with Crippen LogP contribution in [-0.2, 0) is 32.9 Å². The molecule has 0 bridgehead atoms. The second kappa shape index (κ2) is 16.4. The van der Waals surface area contributed by atoms with Crippen molar-refractivity contribution < 1.29 is 20.1 Å². The zero-order valence-electron chi connectivity index (χ0n) is 30.7. The summed E-state index contributed by atoms with van der Waals surface area (Å²) in [7, 11) is 0. The Morgan fingerprint density at radius 3 is 1.94 bits per heavy atom. The van der Waals surface area contributed by atoms with Gasteiger partial charge in [-0.1, -0.05) is 120 Å². The molecule has 0 N–H and O–H groups in total. The Morgan fingerprint density at radius 1 is 0.566 bits per heavy atom. The van der Waals surface area contributed by atoms with E-state index < -0.39 is 0 Å². The van der Waals surface area contributed by atoms with Gasteiger partial charge in [-0.25, -0.2) is 0 Å². The Labute approximate surface area is 328 Å². The number of aromatic nitrogens is 2. The topological polar surface area (TPSA) is 25.8 Å². The van der Waals surface area contributed by atoms with Crippen molar-refractivity contribution in [3.63, 3.8) is 0 Å². The van der Waals surface area contributed by atoms with E-state index in [0.29, 0.717) is 0 Å².